The molecule has 2 heteroatoms. The van der Waals surface area contributed by atoms with Gasteiger partial charge in [-0.15, -0.1) is 13.2 Å². The Morgan fingerprint density at radius 1 is 0.594 bits per heavy atom. The summed E-state index contributed by atoms with van der Waals surface area (Å²) in [6, 6.07) is 19.0. The van der Waals surface area contributed by atoms with Crippen LogP contribution in [0.15, 0.2) is 98.1 Å². The first-order valence-corrected chi connectivity index (χ1v) is 11.1. The summed E-state index contributed by atoms with van der Waals surface area (Å²) in [5, 5.41) is 0. The summed E-state index contributed by atoms with van der Waals surface area (Å²) < 4.78 is 28.8. The van der Waals surface area contributed by atoms with Gasteiger partial charge in [-0.3, -0.25) is 0 Å². The summed E-state index contributed by atoms with van der Waals surface area (Å²) in [5.41, 5.74) is 5.41. The van der Waals surface area contributed by atoms with E-state index in [0.29, 0.717) is 30.4 Å². The van der Waals surface area contributed by atoms with Gasteiger partial charge in [-0.25, -0.2) is 8.78 Å². The third-order valence-corrected chi connectivity index (χ3v) is 5.57. The molecule has 0 aliphatic rings. The molecule has 0 radical (unpaired) electrons. The van der Waals surface area contributed by atoms with Crippen molar-refractivity contribution >= 4 is 0 Å². The monoisotopic (exact) mass is 428 g/mol. The molecule has 32 heavy (non-hydrogen) atoms. The van der Waals surface area contributed by atoms with Crippen LogP contribution < -0.4 is 0 Å². The van der Waals surface area contributed by atoms with Gasteiger partial charge in [-0.1, -0.05) is 72.8 Å². The molecule has 0 aliphatic carbocycles. The number of halogens is 2. The summed E-state index contributed by atoms with van der Waals surface area (Å²) in [6.07, 6.45) is 12.1. The Morgan fingerprint density at radius 2 is 1.19 bits per heavy atom. The molecule has 0 unspecified atom stereocenters. The number of hydrogen-bond acceptors (Lipinski definition) is 0. The number of hydrogen-bond donors (Lipinski definition) is 0. The summed E-state index contributed by atoms with van der Waals surface area (Å²) in [6.45, 7) is 7.43. The van der Waals surface area contributed by atoms with Gasteiger partial charge in [0.25, 0.3) is 0 Å². The quantitative estimate of drug-likeness (QED) is 0.270. The second-order valence-corrected chi connectivity index (χ2v) is 7.96. The van der Waals surface area contributed by atoms with Crippen LogP contribution in [0.2, 0.25) is 0 Å². The second-order valence-electron chi connectivity index (χ2n) is 7.96. The van der Waals surface area contributed by atoms with Crippen molar-refractivity contribution in [2.45, 2.75) is 38.5 Å². The van der Waals surface area contributed by atoms with Crippen molar-refractivity contribution in [3.63, 3.8) is 0 Å². The highest BCUT2D eigenvalue weighted by Gasteiger charge is 2.05. The van der Waals surface area contributed by atoms with Crippen LogP contribution in [0.5, 0.6) is 0 Å². The molecule has 0 fully saturated rings. The smallest absolute Gasteiger partial charge is 0.127 e. The summed E-state index contributed by atoms with van der Waals surface area (Å²) in [4.78, 5) is 0. The Morgan fingerprint density at radius 3 is 1.88 bits per heavy atom. The van der Waals surface area contributed by atoms with E-state index in [-0.39, 0.29) is 11.6 Å². The Hall–Kier alpha value is -3.26. The van der Waals surface area contributed by atoms with E-state index in [9.17, 15) is 8.78 Å². The zero-order valence-corrected chi connectivity index (χ0v) is 18.5. The SMILES string of the molecule is C=CCCc1ccc(-c2ccc(C/C=C/Cc3ccc(CCC=C)c(F)c3)c(F)c2)cc1. The second kappa shape index (κ2) is 12.0. The van der Waals surface area contributed by atoms with Crippen LogP contribution in [0, 0.1) is 11.6 Å². The van der Waals surface area contributed by atoms with E-state index >= 15 is 0 Å². The molecule has 3 aromatic carbocycles. The third kappa shape index (κ3) is 6.62. The van der Waals surface area contributed by atoms with E-state index in [1.54, 1.807) is 18.2 Å². The van der Waals surface area contributed by atoms with E-state index in [1.807, 2.05) is 54.6 Å². The minimum atomic E-state index is -0.208. The molecule has 0 heterocycles. The topological polar surface area (TPSA) is 0 Å². The van der Waals surface area contributed by atoms with Crippen LogP contribution in [0.4, 0.5) is 8.78 Å². The molecule has 0 spiro atoms. The molecule has 164 valence electrons. The van der Waals surface area contributed by atoms with Crippen LogP contribution in [0.1, 0.15) is 35.1 Å². The molecule has 0 saturated carbocycles. The van der Waals surface area contributed by atoms with E-state index in [0.717, 1.165) is 36.0 Å². The molecule has 0 amide bonds. The van der Waals surface area contributed by atoms with Crippen LogP contribution in [0.25, 0.3) is 11.1 Å². The van der Waals surface area contributed by atoms with Gasteiger partial charge in [-0.05, 0) is 84.0 Å². The van der Waals surface area contributed by atoms with Crippen LogP contribution in [-0.4, -0.2) is 0 Å². The minimum absolute atomic E-state index is 0.173. The molecule has 3 aromatic rings. The lowest BCUT2D eigenvalue weighted by Crippen LogP contribution is -1.93. The molecular formula is C30H30F2. The minimum Gasteiger partial charge on any atom is -0.207 e. The highest BCUT2D eigenvalue weighted by molar-refractivity contribution is 5.64. The van der Waals surface area contributed by atoms with Crippen LogP contribution >= 0.6 is 0 Å². The maximum atomic E-state index is 14.6. The average molecular weight is 429 g/mol. The van der Waals surface area contributed by atoms with Gasteiger partial charge in [0.2, 0.25) is 0 Å². The van der Waals surface area contributed by atoms with Crippen LogP contribution in [-0.2, 0) is 25.7 Å². The van der Waals surface area contributed by atoms with Crippen molar-refractivity contribution in [1.29, 1.82) is 0 Å². The lowest BCUT2D eigenvalue weighted by Gasteiger charge is -2.07. The maximum Gasteiger partial charge on any atom is 0.127 e. The van der Waals surface area contributed by atoms with Gasteiger partial charge >= 0.3 is 0 Å². The number of rotatable bonds is 11. The van der Waals surface area contributed by atoms with Crippen molar-refractivity contribution in [1.82, 2.24) is 0 Å². The fourth-order valence-corrected chi connectivity index (χ4v) is 3.63. The number of allylic oxidation sites excluding steroid dienone is 4. The van der Waals surface area contributed by atoms with Gasteiger partial charge in [0.15, 0.2) is 0 Å². The van der Waals surface area contributed by atoms with Crippen molar-refractivity contribution in [2.75, 3.05) is 0 Å². The first kappa shape index (κ1) is 23.4. The Balaban J connectivity index is 1.57. The molecule has 0 nitrogen and oxygen atoms in total. The predicted octanol–water partition coefficient (Wildman–Crippen LogP) is 8.21. The Kier molecular flexibility index (Phi) is 8.74. The van der Waals surface area contributed by atoms with Crippen molar-refractivity contribution in [3.05, 3.63) is 132 Å². The van der Waals surface area contributed by atoms with Crippen molar-refractivity contribution in [2.24, 2.45) is 0 Å². The Labute approximate surface area is 190 Å². The summed E-state index contributed by atoms with van der Waals surface area (Å²) in [5.74, 6) is -0.381. The molecule has 0 aliphatic heterocycles. The highest BCUT2D eigenvalue weighted by Crippen LogP contribution is 2.23. The van der Waals surface area contributed by atoms with Crippen LogP contribution in [0.3, 0.4) is 0 Å². The van der Waals surface area contributed by atoms with Gasteiger partial charge in [0.1, 0.15) is 11.6 Å². The predicted molar refractivity (Wildman–Crippen MR) is 132 cm³/mol. The fourth-order valence-electron chi connectivity index (χ4n) is 3.63. The molecule has 0 saturated heterocycles. The maximum absolute atomic E-state index is 14.6. The highest BCUT2D eigenvalue weighted by atomic mass is 19.1. The van der Waals surface area contributed by atoms with Crippen molar-refractivity contribution in [3.8, 4) is 11.1 Å². The lowest BCUT2D eigenvalue weighted by molar-refractivity contribution is 0.607. The fraction of sp³-hybridized carbons (Fsp3) is 0.200. The average Bonchev–Trinajstić information content (AvgIpc) is 2.81. The molecular weight excluding hydrogens is 398 g/mol. The molecule has 0 aromatic heterocycles. The standard InChI is InChI=1S/C30H30F2/c1-3-5-9-23-13-16-25(17-14-23)28-20-19-27(30(32)22-28)12-8-7-10-24-15-18-26(11-6-4-2)29(31)21-24/h3-4,7-8,13-22H,1-2,5-6,9-12H2/b8-7+. The van der Waals surface area contributed by atoms with Gasteiger partial charge in [-0.2, -0.15) is 0 Å². The number of aryl methyl sites for hydroxylation is 2. The normalized spacial score (nSPS) is 11.1. The van der Waals surface area contributed by atoms with Gasteiger partial charge in [0.05, 0.1) is 0 Å². The zero-order chi connectivity index (χ0) is 22.8. The summed E-state index contributed by atoms with van der Waals surface area (Å²) >= 11 is 0. The molecule has 0 N–H and O–H groups in total. The molecule has 0 atom stereocenters. The van der Waals surface area contributed by atoms with E-state index in [2.05, 4.69) is 25.3 Å². The Bertz CT molecular complexity index is 1070. The molecule has 0 bridgehead atoms. The van der Waals surface area contributed by atoms with E-state index in [1.165, 1.54) is 5.56 Å². The van der Waals surface area contributed by atoms with Gasteiger partial charge in [0, 0.05) is 0 Å². The van der Waals surface area contributed by atoms with Gasteiger partial charge < -0.3 is 0 Å². The van der Waals surface area contributed by atoms with E-state index < -0.39 is 0 Å². The largest absolute Gasteiger partial charge is 0.207 e. The lowest BCUT2D eigenvalue weighted by atomic mass is 9.99. The van der Waals surface area contributed by atoms with Crippen molar-refractivity contribution < 1.29 is 8.78 Å². The zero-order valence-electron chi connectivity index (χ0n) is 18.5. The first-order valence-electron chi connectivity index (χ1n) is 11.1. The number of benzene rings is 3. The van der Waals surface area contributed by atoms with E-state index in [4.69, 9.17) is 0 Å². The molecule has 3 rings (SSSR count). The third-order valence-electron chi connectivity index (χ3n) is 5.57. The first-order chi connectivity index (χ1) is 15.6. The summed E-state index contributed by atoms with van der Waals surface area (Å²) in [7, 11) is 0.